The summed E-state index contributed by atoms with van der Waals surface area (Å²) in [6, 6.07) is 0. The maximum atomic E-state index is 10.2. The van der Waals surface area contributed by atoms with Crippen LogP contribution < -0.4 is 0 Å². The summed E-state index contributed by atoms with van der Waals surface area (Å²) < 4.78 is 5.92. The minimum atomic E-state index is -0.0173. The second-order valence-corrected chi connectivity index (χ2v) is 10.9. The van der Waals surface area contributed by atoms with E-state index in [2.05, 4.69) is 20.8 Å². The molecule has 1 saturated heterocycles. The van der Waals surface area contributed by atoms with Gasteiger partial charge in [0.15, 0.2) is 0 Å². The topological polar surface area (TPSA) is 32.8 Å². The Labute approximate surface area is 147 Å². The number of ether oxygens (including phenoxy) is 1. The minimum absolute atomic E-state index is 0.0173. The van der Waals surface area contributed by atoms with Gasteiger partial charge in [0.25, 0.3) is 0 Å². The van der Waals surface area contributed by atoms with Crippen molar-refractivity contribution in [2.24, 2.45) is 40.4 Å². The van der Waals surface area contributed by atoms with Crippen LogP contribution in [0.1, 0.15) is 78.6 Å². The monoisotopic (exact) mass is 332 g/mol. The lowest BCUT2D eigenvalue weighted by atomic mass is 9.44. The molecule has 2 nitrogen and oxygen atoms in total. The lowest BCUT2D eigenvalue weighted by Crippen LogP contribution is -2.54. The summed E-state index contributed by atoms with van der Waals surface area (Å²) in [5, 5.41) is 10.2. The molecule has 1 aliphatic heterocycles. The van der Waals surface area contributed by atoms with Crippen LogP contribution in [-0.4, -0.2) is 23.4 Å². The Balaban J connectivity index is 1.43. The molecule has 0 spiro atoms. The zero-order chi connectivity index (χ0) is 16.7. The average Bonchev–Trinajstić information content (AvgIpc) is 3.17. The van der Waals surface area contributed by atoms with E-state index in [9.17, 15) is 5.11 Å². The van der Waals surface area contributed by atoms with Crippen molar-refractivity contribution >= 4 is 0 Å². The molecule has 4 saturated carbocycles. The standard InChI is InChI=1S/C22H36O2/c1-20-10-8-15(23)12-14(20)4-5-16-17-6-7-19(22(3)13-24-22)21(17,2)11-9-18(16)20/h14-19,23H,4-13H2,1-3H3/t14?,15-,16?,17?,18?,19-,20-,21-,22?/m0/s1. The van der Waals surface area contributed by atoms with Crippen LogP contribution in [0.25, 0.3) is 0 Å². The van der Waals surface area contributed by atoms with Crippen LogP contribution in [0.15, 0.2) is 0 Å². The lowest BCUT2D eigenvalue weighted by molar-refractivity contribution is -0.129. The number of aliphatic hydroxyl groups is 1. The van der Waals surface area contributed by atoms with E-state index >= 15 is 0 Å². The van der Waals surface area contributed by atoms with E-state index in [0.29, 0.717) is 10.8 Å². The Bertz CT molecular complexity index is 526. The first-order chi connectivity index (χ1) is 11.4. The van der Waals surface area contributed by atoms with E-state index in [1.807, 2.05) is 0 Å². The van der Waals surface area contributed by atoms with Crippen molar-refractivity contribution in [2.75, 3.05) is 6.61 Å². The molecular weight excluding hydrogens is 296 g/mol. The molecule has 0 radical (unpaired) electrons. The van der Waals surface area contributed by atoms with E-state index in [0.717, 1.165) is 49.0 Å². The highest BCUT2D eigenvalue weighted by atomic mass is 16.6. The maximum Gasteiger partial charge on any atom is 0.0921 e. The Morgan fingerprint density at radius 1 is 0.833 bits per heavy atom. The summed E-state index contributed by atoms with van der Waals surface area (Å²) >= 11 is 0. The van der Waals surface area contributed by atoms with Gasteiger partial charge in [-0.2, -0.15) is 0 Å². The van der Waals surface area contributed by atoms with Gasteiger partial charge in [-0.05, 0) is 105 Å². The molecule has 0 aromatic rings. The summed E-state index contributed by atoms with van der Waals surface area (Å²) in [6.07, 6.45) is 11.9. The van der Waals surface area contributed by atoms with Crippen molar-refractivity contribution in [3.05, 3.63) is 0 Å². The molecule has 4 aliphatic carbocycles. The van der Waals surface area contributed by atoms with Crippen molar-refractivity contribution in [3.8, 4) is 0 Å². The number of rotatable bonds is 1. The van der Waals surface area contributed by atoms with Crippen LogP contribution in [0.2, 0.25) is 0 Å². The van der Waals surface area contributed by atoms with E-state index in [1.54, 1.807) is 0 Å². The first kappa shape index (κ1) is 16.1. The zero-order valence-corrected chi connectivity index (χ0v) is 15.9. The van der Waals surface area contributed by atoms with E-state index in [-0.39, 0.29) is 11.7 Å². The van der Waals surface area contributed by atoms with Crippen molar-refractivity contribution < 1.29 is 9.84 Å². The van der Waals surface area contributed by atoms with Crippen LogP contribution in [0, 0.1) is 40.4 Å². The van der Waals surface area contributed by atoms with E-state index < -0.39 is 0 Å². The normalized spacial score (nSPS) is 62.5. The second kappa shape index (κ2) is 5.00. The Hall–Kier alpha value is -0.0800. The highest BCUT2D eigenvalue weighted by Crippen LogP contribution is 2.69. The predicted octanol–water partition coefficient (Wildman–Crippen LogP) is 4.80. The lowest BCUT2D eigenvalue weighted by Gasteiger charge is -2.61. The van der Waals surface area contributed by atoms with Gasteiger partial charge in [-0.3, -0.25) is 0 Å². The first-order valence-electron chi connectivity index (χ1n) is 10.7. The molecule has 5 fully saturated rings. The fourth-order valence-electron chi connectivity index (χ4n) is 8.55. The van der Waals surface area contributed by atoms with Gasteiger partial charge in [0.2, 0.25) is 0 Å². The van der Waals surface area contributed by atoms with Gasteiger partial charge in [-0.15, -0.1) is 0 Å². The number of epoxide rings is 1. The maximum absolute atomic E-state index is 10.2. The summed E-state index contributed by atoms with van der Waals surface area (Å²) in [6.45, 7) is 8.60. The highest BCUT2D eigenvalue weighted by molar-refractivity contribution is 5.13. The molecule has 1 heterocycles. The van der Waals surface area contributed by atoms with Gasteiger partial charge in [-0.1, -0.05) is 13.8 Å². The van der Waals surface area contributed by atoms with Crippen LogP contribution >= 0.6 is 0 Å². The van der Waals surface area contributed by atoms with Gasteiger partial charge in [0.05, 0.1) is 18.3 Å². The van der Waals surface area contributed by atoms with Gasteiger partial charge in [0.1, 0.15) is 0 Å². The van der Waals surface area contributed by atoms with Crippen LogP contribution in [0.4, 0.5) is 0 Å². The van der Waals surface area contributed by atoms with Crippen molar-refractivity contribution in [2.45, 2.75) is 90.3 Å². The molecule has 0 bridgehead atoms. The van der Waals surface area contributed by atoms with Crippen LogP contribution in [0.3, 0.4) is 0 Å². The van der Waals surface area contributed by atoms with Gasteiger partial charge in [-0.25, -0.2) is 0 Å². The molecule has 5 unspecified atom stereocenters. The second-order valence-electron chi connectivity index (χ2n) is 10.9. The Morgan fingerprint density at radius 3 is 2.29 bits per heavy atom. The largest absolute Gasteiger partial charge is 0.393 e. The molecule has 136 valence electrons. The minimum Gasteiger partial charge on any atom is -0.393 e. The molecule has 9 atom stereocenters. The molecular formula is C22H36O2. The molecule has 0 aromatic carbocycles. The summed E-state index contributed by atoms with van der Waals surface area (Å²) in [5.41, 5.74) is 1.26. The third-order valence-electron chi connectivity index (χ3n) is 9.97. The molecule has 0 amide bonds. The summed E-state index contributed by atoms with van der Waals surface area (Å²) in [4.78, 5) is 0. The Morgan fingerprint density at radius 2 is 1.54 bits per heavy atom. The van der Waals surface area contributed by atoms with Crippen LogP contribution in [-0.2, 0) is 4.74 Å². The van der Waals surface area contributed by atoms with Crippen LogP contribution in [0.5, 0.6) is 0 Å². The Kier molecular flexibility index (Phi) is 3.36. The van der Waals surface area contributed by atoms with E-state index in [1.165, 1.54) is 44.9 Å². The number of fused-ring (bicyclic) bond motifs is 5. The summed E-state index contributed by atoms with van der Waals surface area (Å²) in [7, 11) is 0. The fourth-order valence-corrected chi connectivity index (χ4v) is 8.55. The van der Waals surface area contributed by atoms with Gasteiger partial charge >= 0.3 is 0 Å². The van der Waals surface area contributed by atoms with Crippen molar-refractivity contribution in [3.63, 3.8) is 0 Å². The third kappa shape index (κ3) is 2.02. The van der Waals surface area contributed by atoms with Gasteiger partial charge in [0, 0.05) is 0 Å². The van der Waals surface area contributed by atoms with Gasteiger partial charge < -0.3 is 9.84 Å². The van der Waals surface area contributed by atoms with Crippen molar-refractivity contribution in [1.29, 1.82) is 0 Å². The number of hydrogen-bond acceptors (Lipinski definition) is 2. The molecule has 1 N–H and O–H groups in total. The highest BCUT2D eigenvalue weighted by Gasteiger charge is 2.65. The SMILES string of the molecule is CC1([C@H]2CCC3C4CCC5C[C@@H](O)CC[C@]5(C)C4CC[C@@]32C)CO1. The molecule has 2 heteroatoms. The molecule has 5 aliphatic rings. The zero-order valence-electron chi connectivity index (χ0n) is 15.9. The molecule has 0 aromatic heterocycles. The summed E-state index contributed by atoms with van der Waals surface area (Å²) in [5.74, 6) is 4.40. The fraction of sp³-hybridized carbons (Fsp3) is 1.00. The predicted molar refractivity (Wildman–Crippen MR) is 95.6 cm³/mol. The third-order valence-corrected chi connectivity index (χ3v) is 9.97. The smallest absolute Gasteiger partial charge is 0.0921 e. The number of aliphatic hydroxyl groups excluding tert-OH is 1. The number of hydrogen-bond donors (Lipinski definition) is 1. The molecule has 24 heavy (non-hydrogen) atoms. The first-order valence-corrected chi connectivity index (χ1v) is 10.7. The molecule has 5 rings (SSSR count). The van der Waals surface area contributed by atoms with E-state index in [4.69, 9.17) is 4.74 Å². The van der Waals surface area contributed by atoms with Crippen molar-refractivity contribution in [1.82, 2.24) is 0 Å². The quantitative estimate of drug-likeness (QED) is 0.700. The average molecular weight is 333 g/mol.